The van der Waals surface area contributed by atoms with Crippen molar-refractivity contribution < 1.29 is 14.6 Å². The van der Waals surface area contributed by atoms with Gasteiger partial charge in [-0.05, 0) is 32.2 Å². The lowest BCUT2D eigenvalue weighted by Crippen LogP contribution is -2.49. The van der Waals surface area contributed by atoms with E-state index in [4.69, 9.17) is 9.84 Å². The number of hydrogen-bond acceptors (Lipinski definition) is 4. The van der Waals surface area contributed by atoms with E-state index >= 15 is 0 Å². The van der Waals surface area contributed by atoms with Crippen molar-refractivity contribution in [3.05, 3.63) is 0 Å². The third-order valence-electron chi connectivity index (χ3n) is 4.60. The monoisotopic (exact) mass is 284 g/mol. The van der Waals surface area contributed by atoms with E-state index in [-0.39, 0.29) is 18.1 Å². The van der Waals surface area contributed by atoms with Crippen LogP contribution in [0.3, 0.4) is 0 Å². The largest absolute Gasteiger partial charge is 0.394 e. The summed E-state index contributed by atoms with van der Waals surface area (Å²) >= 11 is 0. The lowest BCUT2D eigenvalue weighted by Gasteiger charge is -2.38. The SMILES string of the molecule is CCCC1(C(=O)N2CCC(OCCO)CC2)CCNC1. The molecule has 2 fully saturated rings. The van der Waals surface area contributed by atoms with E-state index in [9.17, 15) is 4.79 Å². The lowest BCUT2D eigenvalue weighted by molar-refractivity contribution is -0.144. The van der Waals surface area contributed by atoms with Crippen LogP contribution in [0.15, 0.2) is 0 Å². The highest BCUT2D eigenvalue weighted by molar-refractivity contribution is 5.83. The number of likely N-dealkylation sites (tertiary alicyclic amines) is 1. The van der Waals surface area contributed by atoms with Crippen molar-refractivity contribution in [3.63, 3.8) is 0 Å². The van der Waals surface area contributed by atoms with Crippen molar-refractivity contribution in [3.8, 4) is 0 Å². The highest BCUT2D eigenvalue weighted by Gasteiger charge is 2.43. The van der Waals surface area contributed by atoms with E-state index in [2.05, 4.69) is 12.2 Å². The smallest absolute Gasteiger partial charge is 0.230 e. The topological polar surface area (TPSA) is 61.8 Å². The standard InChI is InChI=1S/C15H28N2O3/c1-2-5-15(6-7-16-12-15)14(19)17-8-3-13(4-9-17)20-11-10-18/h13,16,18H,2-12H2,1H3. The van der Waals surface area contributed by atoms with Crippen LogP contribution in [-0.4, -0.2) is 61.4 Å². The highest BCUT2D eigenvalue weighted by atomic mass is 16.5. The molecule has 0 aromatic carbocycles. The summed E-state index contributed by atoms with van der Waals surface area (Å²) in [5.74, 6) is 0.338. The fraction of sp³-hybridized carbons (Fsp3) is 0.933. The maximum absolute atomic E-state index is 12.8. The Bertz CT molecular complexity index is 308. The minimum atomic E-state index is -0.159. The number of aliphatic hydroxyl groups is 1. The molecule has 0 spiro atoms. The third kappa shape index (κ3) is 3.51. The van der Waals surface area contributed by atoms with Crippen molar-refractivity contribution in [1.29, 1.82) is 0 Å². The Morgan fingerprint density at radius 3 is 2.75 bits per heavy atom. The number of piperidine rings is 1. The zero-order valence-electron chi connectivity index (χ0n) is 12.6. The average molecular weight is 284 g/mol. The van der Waals surface area contributed by atoms with Gasteiger partial charge in [0.05, 0.1) is 24.7 Å². The number of nitrogens with one attached hydrogen (secondary N) is 1. The first-order valence-electron chi connectivity index (χ1n) is 7.94. The molecule has 0 radical (unpaired) electrons. The van der Waals surface area contributed by atoms with Crippen molar-refractivity contribution in [2.24, 2.45) is 5.41 Å². The minimum Gasteiger partial charge on any atom is -0.394 e. The molecule has 0 aliphatic carbocycles. The molecule has 2 saturated heterocycles. The van der Waals surface area contributed by atoms with Crippen LogP contribution in [0.5, 0.6) is 0 Å². The van der Waals surface area contributed by atoms with Crippen LogP contribution in [0.2, 0.25) is 0 Å². The summed E-state index contributed by atoms with van der Waals surface area (Å²) in [5.41, 5.74) is -0.159. The fourth-order valence-corrected chi connectivity index (χ4v) is 3.51. The molecule has 2 rings (SSSR count). The molecule has 0 aromatic heterocycles. The molecular weight excluding hydrogens is 256 g/mol. The number of aliphatic hydroxyl groups excluding tert-OH is 1. The summed E-state index contributed by atoms with van der Waals surface area (Å²) in [7, 11) is 0. The second kappa shape index (κ2) is 7.38. The summed E-state index contributed by atoms with van der Waals surface area (Å²) in [5, 5.41) is 12.1. The molecule has 116 valence electrons. The molecule has 0 aromatic rings. The maximum atomic E-state index is 12.8. The van der Waals surface area contributed by atoms with Crippen LogP contribution >= 0.6 is 0 Å². The lowest BCUT2D eigenvalue weighted by atomic mass is 9.80. The Morgan fingerprint density at radius 1 is 1.45 bits per heavy atom. The van der Waals surface area contributed by atoms with Crippen molar-refractivity contribution in [2.45, 2.75) is 45.1 Å². The van der Waals surface area contributed by atoms with E-state index in [1.165, 1.54) is 0 Å². The van der Waals surface area contributed by atoms with Crippen LogP contribution in [-0.2, 0) is 9.53 Å². The number of nitrogens with zero attached hydrogens (tertiary/aromatic N) is 1. The molecule has 1 atom stereocenters. The van der Waals surface area contributed by atoms with E-state index < -0.39 is 0 Å². The van der Waals surface area contributed by atoms with Crippen LogP contribution in [0.1, 0.15) is 39.0 Å². The van der Waals surface area contributed by atoms with Gasteiger partial charge in [-0.3, -0.25) is 4.79 Å². The van der Waals surface area contributed by atoms with E-state index in [1.807, 2.05) is 4.90 Å². The van der Waals surface area contributed by atoms with Gasteiger partial charge < -0.3 is 20.1 Å². The molecule has 1 amide bonds. The first-order valence-corrected chi connectivity index (χ1v) is 7.94. The zero-order valence-corrected chi connectivity index (χ0v) is 12.6. The van der Waals surface area contributed by atoms with Crippen LogP contribution in [0.4, 0.5) is 0 Å². The van der Waals surface area contributed by atoms with E-state index in [1.54, 1.807) is 0 Å². The fourth-order valence-electron chi connectivity index (χ4n) is 3.51. The second-order valence-corrected chi connectivity index (χ2v) is 6.04. The van der Waals surface area contributed by atoms with Crippen LogP contribution in [0.25, 0.3) is 0 Å². The Balaban J connectivity index is 1.87. The molecule has 0 saturated carbocycles. The highest BCUT2D eigenvalue weighted by Crippen LogP contribution is 2.34. The molecule has 2 N–H and O–H groups in total. The van der Waals surface area contributed by atoms with Gasteiger partial charge in [-0.25, -0.2) is 0 Å². The molecule has 5 heteroatoms. The average Bonchev–Trinajstić information content (AvgIpc) is 2.95. The first kappa shape index (κ1) is 15.7. The molecule has 2 aliphatic heterocycles. The number of carbonyl (C=O) groups is 1. The zero-order chi connectivity index (χ0) is 14.4. The van der Waals surface area contributed by atoms with Crippen LogP contribution < -0.4 is 5.32 Å². The minimum absolute atomic E-state index is 0.0738. The molecule has 2 aliphatic rings. The summed E-state index contributed by atoms with van der Waals surface area (Å²) < 4.78 is 5.56. The molecular formula is C15H28N2O3. The molecule has 1 unspecified atom stereocenters. The summed E-state index contributed by atoms with van der Waals surface area (Å²) in [4.78, 5) is 14.9. The quantitative estimate of drug-likeness (QED) is 0.756. The normalized spacial score (nSPS) is 28.0. The van der Waals surface area contributed by atoms with Gasteiger partial charge in [0.2, 0.25) is 5.91 Å². The maximum Gasteiger partial charge on any atom is 0.230 e. The number of amides is 1. The number of ether oxygens (including phenoxy) is 1. The Labute approximate surface area is 121 Å². The van der Waals surface area contributed by atoms with Crippen molar-refractivity contribution in [1.82, 2.24) is 10.2 Å². The van der Waals surface area contributed by atoms with E-state index in [0.717, 1.165) is 58.3 Å². The first-order chi connectivity index (χ1) is 9.72. The number of rotatable bonds is 6. The predicted molar refractivity (Wildman–Crippen MR) is 77.5 cm³/mol. The van der Waals surface area contributed by atoms with E-state index in [0.29, 0.717) is 12.5 Å². The summed E-state index contributed by atoms with van der Waals surface area (Å²) in [6, 6.07) is 0. The number of hydrogen-bond donors (Lipinski definition) is 2. The third-order valence-corrected chi connectivity index (χ3v) is 4.60. The summed E-state index contributed by atoms with van der Waals surface area (Å²) in [6.45, 7) is 6.01. The van der Waals surface area contributed by atoms with Gasteiger partial charge in [0.15, 0.2) is 0 Å². The van der Waals surface area contributed by atoms with Gasteiger partial charge in [0.1, 0.15) is 0 Å². The number of carbonyl (C=O) groups excluding carboxylic acids is 1. The Morgan fingerprint density at radius 2 is 2.20 bits per heavy atom. The van der Waals surface area contributed by atoms with Gasteiger partial charge in [-0.1, -0.05) is 13.3 Å². The molecule has 0 bridgehead atoms. The predicted octanol–water partition coefficient (Wildman–Crippen LogP) is 0.766. The van der Waals surface area contributed by atoms with Crippen LogP contribution in [0, 0.1) is 5.41 Å². The van der Waals surface area contributed by atoms with Crippen molar-refractivity contribution >= 4 is 5.91 Å². The molecule has 5 nitrogen and oxygen atoms in total. The Hall–Kier alpha value is -0.650. The molecule has 20 heavy (non-hydrogen) atoms. The molecule has 2 heterocycles. The second-order valence-electron chi connectivity index (χ2n) is 6.04. The van der Waals surface area contributed by atoms with Gasteiger partial charge in [-0.15, -0.1) is 0 Å². The van der Waals surface area contributed by atoms with Gasteiger partial charge in [0.25, 0.3) is 0 Å². The van der Waals surface area contributed by atoms with Gasteiger partial charge in [-0.2, -0.15) is 0 Å². The van der Waals surface area contributed by atoms with Crippen molar-refractivity contribution in [2.75, 3.05) is 39.4 Å². The Kier molecular flexibility index (Phi) is 5.81. The van der Waals surface area contributed by atoms with Gasteiger partial charge in [0, 0.05) is 19.6 Å². The summed E-state index contributed by atoms with van der Waals surface area (Å²) in [6.07, 6.45) is 5.00. The van der Waals surface area contributed by atoms with Gasteiger partial charge >= 0.3 is 0 Å².